The van der Waals surface area contributed by atoms with Gasteiger partial charge in [0.2, 0.25) is 0 Å². The normalized spacial score (nSPS) is 13.5. The summed E-state index contributed by atoms with van der Waals surface area (Å²) in [6.07, 6.45) is 2.18. The first-order valence-corrected chi connectivity index (χ1v) is 14.2. The number of benzene rings is 3. The van der Waals surface area contributed by atoms with Gasteiger partial charge in [0.05, 0.1) is 18.2 Å². The quantitative estimate of drug-likeness (QED) is 0.179. The Morgan fingerprint density at radius 2 is 1.61 bits per heavy atom. The summed E-state index contributed by atoms with van der Waals surface area (Å²) in [5.74, 6) is 0.100. The van der Waals surface area contributed by atoms with E-state index in [1.165, 1.54) is 11.3 Å². The van der Waals surface area contributed by atoms with Crippen molar-refractivity contribution in [1.82, 2.24) is 0 Å². The molecule has 0 saturated carbocycles. The van der Waals surface area contributed by atoms with Crippen LogP contribution in [0.25, 0.3) is 16.7 Å². The molecule has 0 unspecified atom stereocenters. The summed E-state index contributed by atoms with van der Waals surface area (Å²) in [5, 5.41) is 3.58. The van der Waals surface area contributed by atoms with Gasteiger partial charge in [-0.1, -0.05) is 29.8 Å². The molecule has 0 saturated heterocycles. The number of hydrogen-bond donors (Lipinski definition) is 1. The summed E-state index contributed by atoms with van der Waals surface area (Å²) in [7, 11) is 1.58. The van der Waals surface area contributed by atoms with Crippen molar-refractivity contribution in [3.63, 3.8) is 0 Å². The SMILES string of the molecule is COc1cc(OC(=O)c2ccc(C)cc2)ccc1-c1ccc2c(c1COC(=O)c1ccc(C)s1)C(C)=CC(C)(C)N2. The molecule has 1 aliphatic heterocycles. The van der Waals surface area contributed by atoms with Crippen molar-refractivity contribution in [1.29, 1.82) is 0 Å². The van der Waals surface area contributed by atoms with E-state index in [0.717, 1.165) is 44.0 Å². The first-order chi connectivity index (χ1) is 19.5. The fourth-order valence-electron chi connectivity index (χ4n) is 5.17. The second-order valence-electron chi connectivity index (χ2n) is 10.8. The van der Waals surface area contributed by atoms with Gasteiger partial charge >= 0.3 is 11.9 Å². The maximum absolute atomic E-state index is 12.9. The van der Waals surface area contributed by atoms with E-state index in [1.807, 2.05) is 50.2 Å². The number of ether oxygens (including phenoxy) is 3. The van der Waals surface area contributed by atoms with Crippen LogP contribution in [0.1, 0.15) is 62.4 Å². The third-order valence-corrected chi connectivity index (χ3v) is 7.97. The van der Waals surface area contributed by atoms with Crippen LogP contribution in [0, 0.1) is 13.8 Å². The van der Waals surface area contributed by atoms with Crippen LogP contribution in [0.5, 0.6) is 11.5 Å². The molecule has 0 amide bonds. The van der Waals surface area contributed by atoms with Gasteiger partial charge in [0.15, 0.2) is 0 Å². The lowest BCUT2D eigenvalue weighted by Gasteiger charge is -2.33. The lowest BCUT2D eigenvalue weighted by Crippen LogP contribution is -2.32. The van der Waals surface area contributed by atoms with Crippen molar-refractivity contribution in [2.75, 3.05) is 12.4 Å². The highest BCUT2D eigenvalue weighted by Crippen LogP contribution is 2.43. The molecule has 5 rings (SSSR count). The first-order valence-electron chi connectivity index (χ1n) is 13.4. The fraction of sp³-hybridized carbons (Fsp3) is 0.235. The van der Waals surface area contributed by atoms with Crippen molar-refractivity contribution >= 4 is 34.5 Å². The smallest absolute Gasteiger partial charge is 0.348 e. The van der Waals surface area contributed by atoms with Crippen LogP contribution < -0.4 is 14.8 Å². The molecule has 0 atom stereocenters. The van der Waals surface area contributed by atoms with Gasteiger partial charge in [-0.15, -0.1) is 11.3 Å². The lowest BCUT2D eigenvalue weighted by molar-refractivity contribution is 0.0478. The highest BCUT2D eigenvalue weighted by molar-refractivity contribution is 7.13. The molecule has 6 nitrogen and oxygen atoms in total. The summed E-state index contributed by atoms with van der Waals surface area (Å²) in [6, 6.07) is 20.3. The van der Waals surface area contributed by atoms with Crippen LogP contribution in [0.2, 0.25) is 0 Å². The van der Waals surface area contributed by atoms with E-state index < -0.39 is 5.97 Å². The molecular weight excluding hydrogens is 534 g/mol. The van der Waals surface area contributed by atoms with Gasteiger partial charge in [-0.3, -0.25) is 0 Å². The number of carbonyl (C=O) groups is 2. The summed E-state index contributed by atoms with van der Waals surface area (Å²) < 4.78 is 17.3. The minimum absolute atomic E-state index is 0.0783. The molecule has 0 aliphatic carbocycles. The number of fused-ring (bicyclic) bond motifs is 1. The topological polar surface area (TPSA) is 73.9 Å². The number of aryl methyl sites for hydroxylation is 2. The maximum Gasteiger partial charge on any atom is 0.348 e. The molecule has 1 aliphatic rings. The molecule has 0 bridgehead atoms. The number of hydrogen-bond acceptors (Lipinski definition) is 7. The van der Waals surface area contributed by atoms with E-state index in [0.29, 0.717) is 21.9 Å². The Balaban J connectivity index is 1.52. The Hall–Kier alpha value is -4.36. The zero-order chi connectivity index (χ0) is 29.3. The van der Waals surface area contributed by atoms with E-state index in [-0.39, 0.29) is 18.1 Å². The number of anilines is 1. The Labute approximate surface area is 244 Å². The molecular formula is C34H33NO5S. The van der Waals surface area contributed by atoms with Crippen molar-refractivity contribution in [3.05, 3.63) is 105 Å². The average Bonchev–Trinajstić information content (AvgIpc) is 3.37. The number of nitrogens with one attached hydrogen (secondary N) is 1. The molecule has 1 aromatic heterocycles. The second kappa shape index (κ2) is 11.3. The van der Waals surface area contributed by atoms with Gasteiger partial charge in [-0.05, 0) is 88.2 Å². The van der Waals surface area contributed by atoms with Crippen LogP contribution in [-0.4, -0.2) is 24.6 Å². The van der Waals surface area contributed by atoms with Crippen molar-refractivity contribution in [2.24, 2.45) is 0 Å². The maximum atomic E-state index is 12.9. The Morgan fingerprint density at radius 3 is 2.29 bits per heavy atom. The second-order valence-corrected chi connectivity index (χ2v) is 12.1. The van der Waals surface area contributed by atoms with Crippen molar-refractivity contribution < 1.29 is 23.8 Å². The lowest BCUT2D eigenvalue weighted by atomic mass is 9.85. The highest BCUT2D eigenvalue weighted by atomic mass is 32.1. The van der Waals surface area contributed by atoms with E-state index in [1.54, 1.807) is 37.4 Å². The summed E-state index contributed by atoms with van der Waals surface area (Å²) in [6.45, 7) is 10.3. The van der Waals surface area contributed by atoms with Crippen LogP contribution >= 0.6 is 11.3 Å². The van der Waals surface area contributed by atoms with Crippen molar-refractivity contribution in [3.8, 4) is 22.6 Å². The van der Waals surface area contributed by atoms with Crippen LogP contribution in [0.4, 0.5) is 5.69 Å². The molecule has 4 aromatic rings. The fourth-order valence-corrected chi connectivity index (χ4v) is 5.93. The summed E-state index contributed by atoms with van der Waals surface area (Å²) in [5.41, 5.74) is 6.89. The highest BCUT2D eigenvalue weighted by Gasteiger charge is 2.27. The Kier molecular flexibility index (Phi) is 7.74. The standard InChI is InChI=1S/C34H33NO5S/c1-20-7-10-23(11-8-20)32(36)40-24-12-13-26(29(17-24)38-6)25-14-15-28-31(21(2)18-34(4,5)35-28)27(25)19-39-33(37)30-16-9-22(3)41-30/h7-18,35H,19H2,1-6H3. The zero-order valence-corrected chi connectivity index (χ0v) is 24.9. The average molecular weight is 568 g/mol. The van der Waals surface area contributed by atoms with Gasteiger partial charge < -0.3 is 19.5 Å². The number of carbonyl (C=O) groups excluding carboxylic acids is 2. The van der Waals surface area contributed by atoms with Crippen LogP contribution in [0.15, 0.2) is 72.8 Å². The molecule has 3 aromatic carbocycles. The van der Waals surface area contributed by atoms with E-state index in [9.17, 15) is 9.59 Å². The number of methoxy groups -OCH3 is 1. The molecule has 210 valence electrons. The molecule has 0 radical (unpaired) electrons. The molecule has 7 heteroatoms. The molecule has 2 heterocycles. The summed E-state index contributed by atoms with van der Waals surface area (Å²) >= 11 is 1.41. The van der Waals surface area contributed by atoms with Gasteiger partial charge in [-0.2, -0.15) is 0 Å². The van der Waals surface area contributed by atoms with Crippen LogP contribution in [-0.2, 0) is 11.3 Å². The van der Waals surface area contributed by atoms with Gasteiger partial charge in [0, 0.05) is 33.3 Å². The van der Waals surface area contributed by atoms with Gasteiger partial charge in [0.25, 0.3) is 0 Å². The predicted molar refractivity (Wildman–Crippen MR) is 164 cm³/mol. The largest absolute Gasteiger partial charge is 0.496 e. The molecule has 1 N–H and O–H groups in total. The van der Waals surface area contributed by atoms with E-state index >= 15 is 0 Å². The third-order valence-electron chi connectivity index (χ3n) is 6.99. The first kappa shape index (κ1) is 28.2. The number of allylic oxidation sites excluding steroid dienone is 1. The Bertz CT molecular complexity index is 1660. The molecule has 0 fully saturated rings. The number of thiophene rings is 1. The van der Waals surface area contributed by atoms with Gasteiger partial charge in [0.1, 0.15) is 23.0 Å². The van der Waals surface area contributed by atoms with E-state index in [4.69, 9.17) is 14.2 Å². The summed E-state index contributed by atoms with van der Waals surface area (Å²) in [4.78, 5) is 27.3. The number of rotatable bonds is 7. The third kappa shape index (κ3) is 6.05. The molecule has 41 heavy (non-hydrogen) atoms. The molecule has 0 spiro atoms. The van der Waals surface area contributed by atoms with Gasteiger partial charge in [-0.25, -0.2) is 9.59 Å². The Morgan fingerprint density at radius 1 is 0.878 bits per heavy atom. The number of esters is 2. The zero-order valence-electron chi connectivity index (χ0n) is 24.1. The van der Waals surface area contributed by atoms with Crippen molar-refractivity contribution in [2.45, 2.75) is 46.8 Å². The predicted octanol–water partition coefficient (Wildman–Crippen LogP) is 8.22. The minimum atomic E-state index is -0.445. The monoisotopic (exact) mass is 567 g/mol. The minimum Gasteiger partial charge on any atom is -0.496 e. The van der Waals surface area contributed by atoms with Crippen LogP contribution in [0.3, 0.4) is 0 Å². The van der Waals surface area contributed by atoms with E-state index in [2.05, 4.69) is 32.2 Å².